The first-order valence-electron chi connectivity index (χ1n) is 7.12. The molecule has 0 bridgehead atoms. The van der Waals surface area contributed by atoms with Crippen molar-refractivity contribution in [2.24, 2.45) is 0 Å². The van der Waals surface area contributed by atoms with E-state index in [0.29, 0.717) is 20.7 Å². The van der Waals surface area contributed by atoms with Crippen LogP contribution in [0.5, 0.6) is 0 Å². The van der Waals surface area contributed by atoms with Gasteiger partial charge in [0.25, 0.3) is 5.15 Å². The van der Waals surface area contributed by atoms with Gasteiger partial charge in [0.15, 0.2) is 6.20 Å². The van der Waals surface area contributed by atoms with Crippen LogP contribution in [0.3, 0.4) is 0 Å². The van der Waals surface area contributed by atoms with E-state index in [9.17, 15) is 14.0 Å². The van der Waals surface area contributed by atoms with E-state index in [1.807, 2.05) is 0 Å². The predicted octanol–water partition coefficient (Wildman–Crippen LogP) is 6.57. The quantitative estimate of drug-likeness (QED) is 0.187. The molecular formula is C20H18Cl2F2N2O. The van der Waals surface area contributed by atoms with Crippen molar-refractivity contribution in [1.29, 1.82) is 0 Å². The van der Waals surface area contributed by atoms with Gasteiger partial charge in [-0.15, -0.1) is 0 Å². The summed E-state index contributed by atoms with van der Waals surface area (Å²) in [5.41, 5.74) is 0. The highest BCUT2D eigenvalue weighted by Crippen LogP contribution is 2.21. The molecule has 142 valence electrons. The molecular weight excluding hydrogens is 393 g/mol. The molecule has 4 aromatic rings. The van der Waals surface area contributed by atoms with Crippen molar-refractivity contribution < 1.29 is 13.5 Å². The summed E-state index contributed by atoms with van der Waals surface area (Å²) in [4.78, 5) is 3.85. The largest absolute Gasteiger partial charge is 0.618 e. The fourth-order valence-electron chi connectivity index (χ4n) is 2.29. The van der Waals surface area contributed by atoms with Crippen LogP contribution in [0.2, 0.25) is 10.3 Å². The van der Waals surface area contributed by atoms with Crippen molar-refractivity contribution in [3.63, 3.8) is 0 Å². The molecule has 0 atom stereocenters. The fourth-order valence-corrected chi connectivity index (χ4v) is 2.73. The molecule has 27 heavy (non-hydrogen) atoms. The molecule has 2 heterocycles. The van der Waals surface area contributed by atoms with E-state index in [0.717, 1.165) is 10.8 Å². The average molecular weight is 411 g/mol. The number of nitrogens with zero attached hydrogens (tertiary/aromatic N) is 2. The molecule has 7 heteroatoms. The first kappa shape index (κ1) is 22.5. The number of pyridine rings is 2. The molecule has 0 amide bonds. The van der Waals surface area contributed by atoms with Crippen molar-refractivity contribution in [2.45, 2.75) is 14.9 Å². The molecule has 0 aliphatic carbocycles. The molecule has 0 N–H and O–H groups in total. The third-order valence-corrected chi connectivity index (χ3v) is 4.17. The topological polar surface area (TPSA) is 39.8 Å². The van der Waals surface area contributed by atoms with Crippen LogP contribution < -0.4 is 4.73 Å². The number of fused-ring (bicyclic) bond motifs is 2. The first-order chi connectivity index (χ1) is 12.0. The zero-order valence-corrected chi connectivity index (χ0v) is 14.1. The maximum atomic E-state index is 12.8. The normalized spacial score (nSPS) is 9.78. The molecule has 0 saturated heterocycles. The van der Waals surface area contributed by atoms with E-state index in [1.165, 1.54) is 30.5 Å². The van der Waals surface area contributed by atoms with E-state index in [4.69, 9.17) is 23.2 Å². The Hall–Kier alpha value is -2.50. The second kappa shape index (κ2) is 9.44. The van der Waals surface area contributed by atoms with Crippen LogP contribution in [0.25, 0.3) is 21.5 Å². The lowest BCUT2D eigenvalue weighted by molar-refractivity contribution is -0.601. The number of hydrogen-bond donors (Lipinski definition) is 0. The third-order valence-electron chi connectivity index (χ3n) is 3.50. The summed E-state index contributed by atoms with van der Waals surface area (Å²) in [6.45, 7) is 0. The summed E-state index contributed by atoms with van der Waals surface area (Å²) in [6, 6.07) is 12.0. The van der Waals surface area contributed by atoms with Gasteiger partial charge in [0.05, 0.1) is 5.39 Å². The Morgan fingerprint density at radius 2 is 1.37 bits per heavy atom. The van der Waals surface area contributed by atoms with Gasteiger partial charge in [0, 0.05) is 17.6 Å². The smallest absolute Gasteiger partial charge is 0.294 e. The van der Waals surface area contributed by atoms with Gasteiger partial charge >= 0.3 is 0 Å². The minimum Gasteiger partial charge on any atom is -0.618 e. The maximum Gasteiger partial charge on any atom is 0.294 e. The van der Waals surface area contributed by atoms with Crippen LogP contribution in [0.15, 0.2) is 60.9 Å². The minimum absolute atomic E-state index is 0. The van der Waals surface area contributed by atoms with Crippen molar-refractivity contribution in [2.75, 3.05) is 0 Å². The van der Waals surface area contributed by atoms with Crippen molar-refractivity contribution >= 4 is 44.7 Å². The van der Waals surface area contributed by atoms with Crippen LogP contribution in [-0.2, 0) is 0 Å². The molecule has 0 unspecified atom stereocenters. The summed E-state index contributed by atoms with van der Waals surface area (Å²) < 4.78 is 26.0. The average Bonchev–Trinajstić information content (AvgIpc) is 2.60. The van der Waals surface area contributed by atoms with Crippen molar-refractivity contribution in [3.05, 3.63) is 88.1 Å². The molecule has 2 aromatic carbocycles. The number of halogens is 4. The SMILES string of the molecule is C.C.Fc1ccc2ccnc(Cl)c2c1.[O-][n+]1ccc2ccc(F)cc2c1Cl. The number of aromatic nitrogens is 2. The Labute approximate surface area is 166 Å². The second-order valence-corrected chi connectivity index (χ2v) is 5.85. The van der Waals surface area contributed by atoms with Gasteiger partial charge in [-0.05, 0) is 52.7 Å². The molecule has 0 radical (unpaired) electrons. The van der Waals surface area contributed by atoms with Gasteiger partial charge < -0.3 is 5.21 Å². The summed E-state index contributed by atoms with van der Waals surface area (Å²) in [5, 5.41) is 14.1. The maximum absolute atomic E-state index is 12.8. The molecule has 2 aromatic heterocycles. The van der Waals surface area contributed by atoms with E-state index >= 15 is 0 Å². The van der Waals surface area contributed by atoms with Crippen LogP contribution in [0.4, 0.5) is 8.78 Å². The van der Waals surface area contributed by atoms with E-state index in [2.05, 4.69) is 4.98 Å². The highest BCUT2D eigenvalue weighted by Gasteiger charge is 2.08. The Kier molecular flexibility index (Phi) is 7.88. The molecule has 0 fully saturated rings. The predicted molar refractivity (Wildman–Crippen MR) is 108 cm³/mol. The van der Waals surface area contributed by atoms with Crippen LogP contribution >= 0.6 is 23.2 Å². The number of rotatable bonds is 0. The van der Waals surface area contributed by atoms with Crippen LogP contribution in [0.1, 0.15) is 14.9 Å². The van der Waals surface area contributed by atoms with Gasteiger partial charge in [-0.1, -0.05) is 38.6 Å². The van der Waals surface area contributed by atoms with Gasteiger partial charge in [-0.3, -0.25) is 0 Å². The highest BCUT2D eigenvalue weighted by molar-refractivity contribution is 6.34. The molecule has 0 spiro atoms. The fraction of sp³-hybridized carbons (Fsp3) is 0.100. The second-order valence-electron chi connectivity index (χ2n) is 5.13. The van der Waals surface area contributed by atoms with Crippen LogP contribution in [0, 0.1) is 16.8 Å². The summed E-state index contributed by atoms with van der Waals surface area (Å²) in [7, 11) is 0. The molecule has 0 saturated carbocycles. The zero-order chi connectivity index (χ0) is 18.0. The molecule has 0 aliphatic heterocycles. The Balaban J connectivity index is 0.000000252. The Morgan fingerprint density at radius 3 is 2.00 bits per heavy atom. The lowest BCUT2D eigenvalue weighted by Crippen LogP contribution is -2.26. The van der Waals surface area contributed by atoms with Crippen LogP contribution in [-0.4, -0.2) is 4.98 Å². The number of benzene rings is 2. The summed E-state index contributed by atoms with van der Waals surface area (Å²) >= 11 is 11.4. The number of hydrogen-bond acceptors (Lipinski definition) is 2. The van der Waals surface area contributed by atoms with Gasteiger partial charge in [0.2, 0.25) is 0 Å². The lowest BCUT2D eigenvalue weighted by Gasteiger charge is -2.01. The van der Waals surface area contributed by atoms with Crippen molar-refractivity contribution in [1.82, 2.24) is 4.98 Å². The summed E-state index contributed by atoms with van der Waals surface area (Å²) in [6.07, 6.45) is 2.89. The summed E-state index contributed by atoms with van der Waals surface area (Å²) in [5.74, 6) is -0.696. The Bertz CT molecular complexity index is 1070. The van der Waals surface area contributed by atoms with E-state index in [-0.39, 0.29) is 25.8 Å². The van der Waals surface area contributed by atoms with E-state index in [1.54, 1.807) is 30.5 Å². The zero-order valence-electron chi connectivity index (χ0n) is 12.6. The third kappa shape index (κ3) is 5.02. The van der Waals surface area contributed by atoms with Gasteiger partial charge in [0.1, 0.15) is 16.8 Å². The molecule has 0 aliphatic rings. The highest BCUT2D eigenvalue weighted by atomic mass is 35.5. The minimum atomic E-state index is -0.402. The van der Waals surface area contributed by atoms with Crippen molar-refractivity contribution in [3.8, 4) is 0 Å². The molecule has 3 nitrogen and oxygen atoms in total. The monoisotopic (exact) mass is 410 g/mol. The molecule has 4 rings (SSSR count). The lowest BCUT2D eigenvalue weighted by atomic mass is 10.2. The van der Waals surface area contributed by atoms with E-state index < -0.39 is 5.82 Å². The van der Waals surface area contributed by atoms with Gasteiger partial charge in [-0.2, -0.15) is 4.73 Å². The Morgan fingerprint density at radius 1 is 0.815 bits per heavy atom. The first-order valence-corrected chi connectivity index (χ1v) is 7.88. The standard InChI is InChI=1S/C9H5ClFNO.C9H5ClFN.2CH4/c10-9-8-5-7(11)2-1-6(8)3-4-12(9)13;10-9-8-5-7(11)2-1-6(8)3-4-12-9;;/h1-5H;1-5H;2*1H4. The van der Waals surface area contributed by atoms with Gasteiger partial charge in [-0.25, -0.2) is 13.8 Å².